The maximum Gasteiger partial charge on any atom is 0.161 e. The second kappa shape index (κ2) is 8.01. The zero-order valence-electron chi connectivity index (χ0n) is 10.9. The van der Waals surface area contributed by atoms with Gasteiger partial charge in [-0.2, -0.15) is 0 Å². The zero-order chi connectivity index (χ0) is 13.4. The molecule has 3 nitrogen and oxygen atoms in total. The van der Waals surface area contributed by atoms with E-state index in [1.807, 2.05) is 18.2 Å². The van der Waals surface area contributed by atoms with E-state index in [-0.39, 0.29) is 6.04 Å². The summed E-state index contributed by atoms with van der Waals surface area (Å²) in [6, 6.07) is 6.06. The van der Waals surface area contributed by atoms with Crippen molar-refractivity contribution in [2.24, 2.45) is 5.73 Å². The number of benzene rings is 1. The fourth-order valence-corrected chi connectivity index (χ4v) is 1.65. The fraction of sp³-hybridized carbons (Fsp3) is 0.429. The minimum Gasteiger partial charge on any atom is -0.493 e. The molecule has 0 aliphatic carbocycles. The molecule has 1 unspecified atom stereocenters. The highest BCUT2D eigenvalue weighted by Gasteiger charge is 2.07. The normalized spacial score (nSPS) is 12.7. The number of hydrogen-bond donors (Lipinski definition) is 1. The van der Waals surface area contributed by atoms with Gasteiger partial charge in [0.25, 0.3) is 0 Å². The summed E-state index contributed by atoms with van der Waals surface area (Å²) in [6.45, 7) is 2.51. The molecular formula is C14H20ClNO2. The number of methoxy groups -OCH3 is 1. The van der Waals surface area contributed by atoms with Crippen molar-refractivity contribution < 1.29 is 9.47 Å². The molecule has 0 aliphatic rings. The summed E-state index contributed by atoms with van der Waals surface area (Å²) in [4.78, 5) is 0. The Kier molecular flexibility index (Phi) is 6.61. The monoisotopic (exact) mass is 269 g/mol. The van der Waals surface area contributed by atoms with Crippen molar-refractivity contribution in [3.8, 4) is 11.5 Å². The lowest BCUT2D eigenvalue weighted by molar-refractivity contribution is 0.326. The zero-order valence-corrected chi connectivity index (χ0v) is 11.6. The van der Waals surface area contributed by atoms with Gasteiger partial charge in [-0.1, -0.05) is 24.6 Å². The maximum absolute atomic E-state index is 5.94. The van der Waals surface area contributed by atoms with Gasteiger partial charge >= 0.3 is 0 Å². The van der Waals surface area contributed by atoms with Crippen molar-refractivity contribution in [3.63, 3.8) is 0 Å². The molecule has 0 saturated heterocycles. The first-order valence-electron chi connectivity index (χ1n) is 6.01. The summed E-state index contributed by atoms with van der Waals surface area (Å²) in [7, 11) is 1.63. The molecule has 100 valence electrons. The van der Waals surface area contributed by atoms with Gasteiger partial charge in [-0.05, 0) is 36.6 Å². The van der Waals surface area contributed by atoms with Crippen molar-refractivity contribution >= 4 is 11.6 Å². The van der Waals surface area contributed by atoms with Crippen LogP contribution in [0.15, 0.2) is 29.8 Å². The van der Waals surface area contributed by atoms with E-state index in [0.717, 1.165) is 24.2 Å². The average Bonchev–Trinajstić information content (AvgIpc) is 2.40. The van der Waals surface area contributed by atoms with Crippen molar-refractivity contribution in [1.29, 1.82) is 0 Å². The number of hydrogen-bond acceptors (Lipinski definition) is 3. The first-order chi connectivity index (χ1) is 8.71. The summed E-state index contributed by atoms with van der Waals surface area (Å²) >= 11 is 5.43. The molecule has 18 heavy (non-hydrogen) atoms. The Morgan fingerprint density at radius 2 is 2.17 bits per heavy atom. The highest BCUT2D eigenvalue weighted by atomic mass is 35.5. The molecule has 0 spiro atoms. The molecule has 0 fully saturated rings. The number of halogens is 1. The number of rotatable bonds is 7. The fourth-order valence-electron chi connectivity index (χ4n) is 1.58. The second-order valence-electron chi connectivity index (χ2n) is 4.03. The quantitative estimate of drug-likeness (QED) is 0.827. The molecule has 1 atom stereocenters. The molecule has 0 aliphatic heterocycles. The van der Waals surface area contributed by atoms with Crippen LogP contribution in [-0.4, -0.2) is 19.8 Å². The van der Waals surface area contributed by atoms with Crippen LogP contribution in [0.25, 0.3) is 0 Å². The average molecular weight is 270 g/mol. The first kappa shape index (κ1) is 14.9. The SMILES string of the molecule is CCC(N)Cc1ccc(OC/C=C/Cl)c(OC)c1. The molecule has 1 aromatic rings. The Morgan fingerprint density at radius 3 is 2.78 bits per heavy atom. The predicted molar refractivity (Wildman–Crippen MR) is 75.5 cm³/mol. The highest BCUT2D eigenvalue weighted by Crippen LogP contribution is 2.28. The molecule has 1 rings (SSSR count). The van der Waals surface area contributed by atoms with Crippen molar-refractivity contribution in [2.45, 2.75) is 25.8 Å². The smallest absolute Gasteiger partial charge is 0.161 e. The lowest BCUT2D eigenvalue weighted by Gasteiger charge is -2.13. The lowest BCUT2D eigenvalue weighted by Crippen LogP contribution is -2.21. The molecule has 0 aromatic heterocycles. The van der Waals surface area contributed by atoms with E-state index >= 15 is 0 Å². The minimum absolute atomic E-state index is 0.181. The van der Waals surface area contributed by atoms with Gasteiger partial charge in [0, 0.05) is 11.6 Å². The molecular weight excluding hydrogens is 250 g/mol. The minimum atomic E-state index is 0.181. The third-order valence-electron chi connectivity index (χ3n) is 2.67. The van der Waals surface area contributed by atoms with E-state index in [9.17, 15) is 0 Å². The van der Waals surface area contributed by atoms with Crippen LogP contribution >= 0.6 is 11.6 Å². The topological polar surface area (TPSA) is 44.5 Å². The van der Waals surface area contributed by atoms with E-state index < -0.39 is 0 Å². The summed E-state index contributed by atoms with van der Waals surface area (Å²) in [5.41, 5.74) is 8.52. The number of ether oxygens (including phenoxy) is 2. The van der Waals surface area contributed by atoms with E-state index in [4.69, 9.17) is 26.8 Å². The van der Waals surface area contributed by atoms with Crippen LogP contribution in [-0.2, 0) is 6.42 Å². The molecule has 4 heteroatoms. The van der Waals surface area contributed by atoms with Gasteiger partial charge in [0.2, 0.25) is 0 Å². The Bertz CT molecular complexity index is 393. The highest BCUT2D eigenvalue weighted by molar-refractivity contribution is 6.25. The van der Waals surface area contributed by atoms with Crippen molar-refractivity contribution in [2.75, 3.05) is 13.7 Å². The van der Waals surface area contributed by atoms with Crippen molar-refractivity contribution in [1.82, 2.24) is 0 Å². The number of nitrogens with two attached hydrogens (primary N) is 1. The van der Waals surface area contributed by atoms with Gasteiger partial charge in [0.15, 0.2) is 11.5 Å². The van der Waals surface area contributed by atoms with Gasteiger partial charge < -0.3 is 15.2 Å². The van der Waals surface area contributed by atoms with Gasteiger partial charge in [-0.25, -0.2) is 0 Å². The molecule has 0 heterocycles. The van der Waals surface area contributed by atoms with E-state index in [1.165, 1.54) is 5.54 Å². The largest absolute Gasteiger partial charge is 0.493 e. The molecule has 0 bridgehead atoms. The Balaban J connectivity index is 2.76. The van der Waals surface area contributed by atoms with Gasteiger partial charge in [0.1, 0.15) is 6.61 Å². The molecule has 2 N–H and O–H groups in total. The van der Waals surface area contributed by atoms with E-state index in [2.05, 4.69) is 6.92 Å². The third kappa shape index (κ3) is 4.59. The van der Waals surface area contributed by atoms with Gasteiger partial charge in [-0.3, -0.25) is 0 Å². The van der Waals surface area contributed by atoms with Crippen molar-refractivity contribution in [3.05, 3.63) is 35.4 Å². The summed E-state index contributed by atoms with van der Waals surface area (Å²) in [5, 5.41) is 0. The van der Waals surface area contributed by atoms with Crippen LogP contribution in [0.5, 0.6) is 11.5 Å². The third-order valence-corrected chi connectivity index (χ3v) is 2.85. The Morgan fingerprint density at radius 1 is 1.39 bits per heavy atom. The molecule has 0 amide bonds. The Labute approximate surface area is 114 Å². The van der Waals surface area contributed by atoms with Crippen LogP contribution in [0.1, 0.15) is 18.9 Å². The molecule has 1 aromatic carbocycles. The van der Waals surface area contributed by atoms with Crippen LogP contribution < -0.4 is 15.2 Å². The van der Waals surface area contributed by atoms with Gasteiger partial charge in [-0.15, -0.1) is 0 Å². The lowest BCUT2D eigenvalue weighted by atomic mass is 10.0. The predicted octanol–water partition coefficient (Wildman–Crippen LogP) is 3.11. The summed E-state index contributed by atoms with van der Waals surface area (Å²) in [5.74, 6) is 1.43. The standard InChI is InChI=1S/C14H20ClNO2/c1-3-12(16)9-11-5-6-13(14(10-11)17-2)18-8-4-7-15/h4-7,10,12H,3,8-9,16H2,1-2H3/b7-4+. The maximum atomic E-state index is 5.94. The Hall–Kier alpha value is -1.19. The molecule has 0 saturated carbocycles. The van der Waals surface area contributed by atoms with E-state index in [1.54, 1.807) is 13.2 Å². The van der Waals surface area contributed by atoms with Gasteiger partial charge in [0.05, 0.1) is 7.11 Å². The molecule has 0 radical (unpaired) electrons. The van der Waals surface area contributed by atoms with Crippen LogP contribution in [0, 0.1) is 0 Å². The van der Waals surface area contributed by atoms with Crippen LogP contribution in [0.4, 0.5) is 0 Å². The first-order valence-corrected chi connectivity index (χ1v) is 6.45. The van der Waals surface area contributed by atoms with Crippen LogP contribution in [0.2, 0.25) is 0 Å². The summed E-state index contributed by atoms with van der Waals surface area (Å²) in [6.07, 6.45) is 3.53. The second-order valence-corrected chi connectivity index (χ2v) is 4.28. The summed E-state index contributed by atoms with van der Waals surface area (Å²) < 4.78 is 10.8. The van der Waals surface area contributed by atoms with Crippen LogP contribution in [0.3, 0.4) is 0 Å². The van der Waals surface area contributed by atoms with E-state index in [0.29, 0.717) is 12.4 Å².